The zero-order valence-electron chi connectivity index (χ0n) is 7.86. The maximum atomic E-state index is 10.1. The van der Waals surface area contributed by atoms with Gasteiger partial charge in [-0.25, -0.2) is 4.79 Å². The maximum Gasteiger partial charge on any atom is 0.404 e. The number of ether oxygens (including phenoxy) is 2. The molecule has 13 heavy (non-hydrogen) atoms. The lowest BCUT2D eigenvalue weighted by atomic mass is 10.3. The first-order valence-electron chi connectivity index (χ1n) is 4.31. The van der Waals surface area contributed by atoms with Gasteiger partial charge in [-0.3, -0.25) is 0 Å². The van der Waals surface area contributed by atoms with E-state index in [0.29, 0.717) is 19.4 Å². The van der Waals surface area contributed by atoms with Crippen LogP contribution in [0, 0.1) is 0 Å². The SMILES string of the molecule is CC(CCO)OCCCOC(N)=O. The van der Waals surface area contributed by atoms with Crippen molar-refractivity contribution in [2.75, 3.05) is 19.8 Å². The van der Waals surface area contributed by atoms with Crippen LogP contribution in [0.25, 0.3) is 0 Å². The first-order valence-corrected chi connectivity index (χ1v) is 4.31. The fourth-order valence-corrected chi connectivity index (χ4v) is 0.781. The minimum absolute atomic E-state index is 0.0404. The molecule has 0 aliphatic carbocycles. The Kier molecular flexibility index (Phi) is 7.33. The van der Waals surface area contributed by atoms with Crippen molar-refractivity contribution in [3.8, 4) is 0 Å². The molecule has 0 aromatic carbocycles. The number of nitrogens with two attached hydrogens (primary N) is 1. The molecule has 0 aliphatic heterocycles. The van der Waals surface area contributed by atoms with Crippen LogP contribution in [-0.4, -0.2) is 37.1 Å². The van der Waals surface area contributed by atoms with E-state index in [9.17, 15) is 4.79 Å². The van der Waals surface area contributed by atoms with Crippen LogP contribution in [-0.2, 0) is 9.47 Å². The topological polar surface area (TPSA) is 81.8 Å². The van der Waals surface area contributed by atoms with Crippen LogP contribution in [0.4, 0.5) is 4.79 Å². The number of aliphatic hydroxyl groups excluding tert-OH is 1. The molecule has 0 aromatic rings. The Bertz CT molecular complexity index is 140. The molecule has 0 radical (unpaired) electrons. The van der Waals surface area contributed by atoms with Gasteiger partial charge in [-0.2, -0.15) is 0 Å². The van der Waals surface area contributed by atoms with E-state index in [1.165, 1.54) is 0 Å². The van der Waals surface area contributed by atoms with Crippen molar-refractivity contribution in [1.29, 1.82) is 0 Å². The van der Waals surface area contributed by atoms with Gasteiger partial charge in [0, 0.05) is 13.0 Å². The number of carbonyl (C=O) groups is 1. The summed E-state index contributed by atoms with van der Waals surface area (Å²) in [5.74, 6) is 0. The molecule has 0 rings (SSSR count). The summed E-state index contributed by atoms with van der Waals surface area (Å²) >= 11 is 0. The van der Waals surface area contributed by atoms with Gasteiger partial charge >= 0.3 is 6.09 Å². The molecule has 0 saturated heterocycles. The van der Waals surface area contributed by atoms with Crippen molar-refractivity contribution >= 4 is 6.09 Å². The third kappa shape index (κ3) is 9.10. The minimum atomic E-state index is -0.761. The second-order valence-corrected chi connectivity index (χ2v) is 2.71. The molecule has 3 N–H and O–H groups in total. The largest absolute Gasteiger partial charge is 0.450 e. The summed E-state index contributed by atoms with van der Waals surface area (Å²) < 4.78 is 9.77. The highest BCUT2D eigenvalue weighted by atomic mass is 16.5. The molecule has 1 amide bonds. The van der Waals surface area contributed by atoms with Crippen molar-refractivity contribution in [3.63, 3.8) is 0 Å². The molecule has 0 aliphatic rings. The van der Waals surface area contributed by atoms with Crippen molar-refractivity contribution in [2.24, 2.45) is 5.73 Å². The normalized spacial score (nSPS) is 12.5. The van der Waals surface area contributed by atoms with E-state index in [1.807, 2.05) is 6.92 Å². The molecule has 0 bridgehead atoms. The summed E-state index contributed by atoms with van der Waals surface area (Å²) in [6.07, 6.45) is 0.525. The van der Waals surface area contributed by atoms with Crippen molar-refractivity contribution < 1.29 is 19.4 Å². The summed E-state index contributed by atoms with van der Waals surface area (Å²) in [7, 11) is 0. The highest BCUT2D eigenvalue weighted by Gasteiger charge is 2.00. The minimum Gasteiger partial charge on any atom is -0.450 e. The van der Waals surface area contributed by atoms with Crippen molar-refractivity contribution in [1.82, 2.24) is 0 Å². The van der Waals surface area contributed by atoms with Gasteiger partial charge in [0.15, 0.2) is 0 Å². The van der Waals surface area contributed by atoms with Crippen LogP contribution < -0.4 is 5.73 Å². The molecule has 0 heterocycles. The lowest BCUT2D eigenvalue weighted by Gasteiger charge is -2.10. The zero-order valence-corrected chi connectivity index (χ0v) is 7.86. The Morgan fingerprint density at radius 1 is 1.54 bits per heavy atom. The van der Waals surface area contributed by atoms with E-state index >= 15 is 0 Å². The molecule has 0 aromatic heterocycles. The maximum absolute atomic E-state index is 10.1. The summed E-state index contributed by atoms with van der Waals surface area (Å²) in [6.45, 7) is 2.79. The molecular weight excluding hydrogens is 174 g/mol. The van der Waals surface area contributed by atoms with Gasteiger partial charge in [-0.15, -0.1) is 0 Å². The summed E-state index contributed by atoms with van der Waals surface area (Å²) in [4.78, 5) is 10.1. The highest BCUT2D eigenvalue weighted by Crippen LogP contribution is 1.97. The summed E-state index contributed by atoms with van der Waals surface area (Å²) in [5, 5.41) is 8.55. The second-order valence-electron chi connectivity index (χ2n) is 2.71. The van der Waals surface area contributed by atoms with Crippen LogP contribution in [0.1, 0.15) is 19.8 Å². The number of aliphatic hydroxyl groups is 1. The summed E-state index contributed by atoms with van der Waals surface area (Å²) in [5.41, 5.74) is 4.75. The molecule has 78 valence electrons. The van der Waals surface area contributed by atoms with E-state index in [1.54, 1.807) is 0 Å². The number of rotatable bonds is 7. The lowest BCUT2D eigenvalue weighted by Crippen LogP contribution is -2.16. The molecule has 5 heteroatoms. The third-order valence-electron chi connectivity index (χ3n) is 1.47. The van der Waals surface area contributed by atoms with E-state index in [4.69, 9.17) is 15.6 Å². The molecule has 1 unspecified atom stereocenters. The average Bonchev–Trinajstić information content (AvgIpc) is 2.03. The Morgan fingerprint density at radius 2 is 2.23 bits per heavy atom. The Balaban J connectivity index is 3.11. The van der Waals surface area contributed by atoms with Gasteiger partial charge < -0.3 is 20.3 Å². The summed E-state index contributed by atoms with van der Waals surface area (Å²) in [6, 6.07) is 0. The number of carbonyl (C=O) groups excluding carboxylic acids is 1. The predicted octanol–water partition coefficient (Wildman–Crippen LogP) is 0.259. The molecule has 0 saturated carbocycles. The van der Waals surface area contributed by atoms with E-state index in [2.05, 4.69) is 4.74 Å². The van der Waals surface area contributed by atoms with E-state index < -0.39 is 6.09 Å². The van der Waals surface area contributed by atoms with Crippen LogP contribution in [0.2, 0.25) is 0 Å². The fourth-order valence-electron chi connectivity index (χ4n) is 0.781. The van der Waals surface area contributed by atoms with Crippen molar-refractivity contribution in [2.45, 2.75) is 25.9 Å². The molecule has 5 nitrogen and oxygen atoms in total. The van der Waals surface area contributed by atoms with Crippen LogP contribution >= 0.6 is 0 Å². The monoisotopic (exact) mass is 191 g/mol. The van der Waals surface area contributed by atoms with Gasteiger partial charge in [0.2, 0.25) is 0 Å². The van der Waals surface area contributed by atoms with Crippen LogP contribution in [0.15, 0.2) is 0 Å². The lowest BCUT2D eigenvalue weighted by molar-refractivity contribution is 0.0381. The number of hydrogen-bond acceptors (Lipinski definition) is 4. The quantitative estimate of drug-likeness (QED) is 0.565. The molecule has 0 spiro atoms. The van der Waals surface area contributed by atoms with Crippen LogP contribution in [0.5, 0.6) is 0 Å². The Hall–Kier alpha value is -0.810. The second kappa shape index (κ2) is 7.82. The van der Waals surface area contributed by atoms with Gasteiger partial charge in [-0.1, -0.05) is 0 Å². The first-order chi connectivity index (χ1) is 6.16. The van der Waals surface area contributed by atoms with Crippen LogP contribution in [0.3, 0.4) is 0 Å². The highest BCUT2D eigenvalue weighted by molar-refractivity contribution is 5.64. The Morgan fingerprint density at radius 3 is 2.77 bits per heavy atom. The smallest absolute Gasteiger partial charge is 0.404 e. The third-order valence-corrected chi connectivity index (χ3v) is 1.47. The van der Waals surface area contributed by atoms with Gasteiger partial charge in [0.1, 0.15) is 0 Å². The molecule has 0 fully saturated rings. The Labute approximate surface area is 77.8 Å². The number of hydrogen-bond donors (Lipinski definition) is 2. The standard InChI is InChI=1S/C8H17NO4/c1-7(3-4-10)12-5-2-6-13-8(9)11/h7,10H,2-6H2,1H3,(H2,9,11). The molecular formula is C8H17NO4. The zero-order chi connectivity index (χ0) is 10.1. The average molecular weight is 191 g/mol. The molecule has 1 atom stereocenters. The van der Waals surface area contributed by atoms with Gasteiger partial charge in [-0.05, 0) is 13.3 Å². The fraction of sp³-hybridized carbons (Fsp3) is 0.875. The van der Waals surface area contributed by atoms with Crippen molar-refractivity contribution in [3.05, 3.63) is 0 Å². The number of primary amides is 1. The predicted molar refractivity (Wildman–Crippen MR) is 47.3 cm³/mol. The number of amides is 1. The first kappa shape index (κ1) is 12.2. The van der Waals surface area contributed by atoms with E-state index in [-0.39, 0.29) is 19.3 Å². The van der Waals surface area contributed by atoms with Gasteiger partial charge in [0.05, 0.1) is 19.3 Å². The van der Waals surface area contributed by atoms with E-state index in [0.717, 1.165) is 0 Å². The van der Waals surface area contributed by atoms with Gasteiger partial charge in [0.25, 0.3) is 0 Å².